The molecule has 35 heavy (non-hydrogen) atoms. The largest absolute Gasteiger partial charge is 0.462 e. The van der Waals surface area contributed by atoms with E-state index >= 15 is 0 Å². The summed E-state index contributed by atoms with van der Waals surface area (Å²) >= 11 is 0. The number of ether oxygens (including phenoxy) is 1. The van der Waals surface area contributed by atoms with Gasteiger partial charge in [0.25, 0.3) is 0 Å². The molecule has 9 heteroatoms. The summed E-state index contributed by atoms with van der Waals surface area (Å²) in [5.41, 5.74) is 5.96. The molecule has 0 amide bonds. The van der Waals surface area contributed by atoms with Crippen LogP contribution in [0.25, 0.3) is 33.5 Å². The number of aromatic nitrogens is 6. The zero-order valence-electron chi connectivity index (χ0n) is 19.5. The molecule has 0 aliphatic carbocycles. The van der Waals surface area contributed by atoms with Crippen molar-refractivity contribution in [3.8, 4) is 22.5 Å². The standard InChI is InChI=1S/C26H25N7O2/c1-3-35-26(34)20-10-7-11-22-24(20)33(23(28-22)15-27-2)16-17-12-13-19(18-8-5-4-6-9-18)21(14-17)25-29-31-32-30-25/h4-14,27H,3,15-16H2,1-2H3,(H,29,30,31,32). The number of carbonyl (C=O) groups is 1. The summed E-state index contributed by atoms with van der Waals surface area (Å²) in [6.07, 6.45) is 0. The molecule has 2 heterocycles. The fourth-order valence-corrected chi connectivity index (χ4v) is 4.27. The van der Waals surface area contributed by atoms with Crippen molar-refractivity contribution in [3.05, 3.63) is 83.7 Å². The Balaban J connectivity index is 1.64. The van der Waals surface area contributed by atoms with Gasteiger partial charge in [0.2, 0.25) is 5.82 Å². The van der Waals surface area contributed by atoms with Crippen molar-refractivity contribution < 1.29 is 9.53 Å². The predicted molar refractivity (Wildman–Crippen MR) is 133 cm³/mol. The number of aromatic amines is 1. The molecule has 0 saturated heterocycles. The van der Waals surface area contributed by atoms with Gasteiger partial charge >= 0.3 is 5.97 Å². The van der Waals surface area contributed by atoms with Crippen LogP contribution in [0, 0.1) is 0 Å². The SMILES string of the molecule is CCOC(=O)c1cccc2nc(CNC)n(Cc3ccc(-c4ccccc4)c(-c4nn[nH]n4)c3)c12. The van der Waals surface area contributed by atoms with E-state index in [1.807, 2.05) is 37.4 Å². The molecular formula is C26H25N7O2. The van der Waals surface area contributed by atoms with E-state index in [2.05, 4.69) is 60.8 Å². The normalized spacial score (nSPS) is 11.1. The minimum Gasteiger partial charge on any atom is -0.462 e. The average Bonchev–Trinajstić information content (AvgIpc) is 3.54. The zero-order valence-corrected chi connectivity index (χ0v) is 19.5. The quantitative estimate of drug-likeness (QED) is 0.334. The highest BCUT2D eigenvalue weighted by molar-refractivity contribution is 6.02. The van der Waals surface area contributed by atoms with Crippen LogP contribution in [-0.2, 0) is 17.8 Å². The monoisotopic (exact) mass is 467 g/mol. The van der Waals surface area contributed by atoms with E-state index in [1.54, 1.807) is 13.0 Å². The van der Waals surface area contributed by atoms with Gasteiger partial charge in [0, 0.05) is 12.1 Å². The molecule has 5 aromatic rings. The van der Waals surface area contributed by atoms with Gasteiger partial charge in [-0.3, -0.25) is 0 Å². The molecule has 2 N–H and O–H groups in total. The number of imidazole rings is 1. The minimum atomic E-state index is -0.359. The first kappa shape index (κ1) is 22.4. The number of H-pyrrole nitrogens is 1. The van der Waals surface area contributed by atoms with E-state index < -0.39 is 0 Å². The Labute approximate surface area is 202 Å². The number of rotatable bonds is 8. The lowest BCUT2D eigenvalue weighted by Crippen LogP contribution is -2.14. The van der Waals surface area contributed by atoms with Crippen molar-refractivity contribution >= 4 is 17.0 Å². The molecular weight excluding hydrogens is 442 g/mol. The average molecular weight is 468 g/mol. The summed E-state index contributed by atoms with van der Waals surface area (Å²) in [5.74, 6) is 0.985. The molecule has 3 aromatic carbocycles. The molecule has 0 saturated carbocycles. The summed E-state index contributed by atoms with van der Waals surface area (Å²) in [6.45, 7) is 3.16. The van der Waals surface area contributed by atoms with Crippen LogP contribution in [0.15, 0.2) is 66.7 Å². The Morgan fingerprint density at radius 1 is 1.06 bits per heavy atom. The van der Waals surface area contributed by atoms with Gasteiger partial charge < -0.3 is 14.6 Å². The highest BCUT2D eigenvalue weighted by Gasteiger charge is 2.20. The molecule has 176 valence electrons. The summed E-state index contributed by atoms with van der Waals surface area (Å²) in [6, 6.07) is 21.8. The van der Waals surface area contributed by atoms with Crippen molar-refractivity contribution in [1.82, 2.24) is 35.5 Å². The van der Waals surface area contributed by atoms with E-state index in [9.17, 15) is 4.79 Å². The Morgan fingerprint density at radius 2 is 1.91 bits per heavy atom. The minimum absolute atomic E-state index is 0.307. The Hall–Kier alpha value is -4.37. The second kappa shape index (κ2) is 9.86. The number of esters is 1. The van der Waals surface area contributed by atoms with Gasteiger partial charge in [0.05, 0.1) is 29.7 Å². The Bertz CT molecular complexity index is 1460. The van der Waals surface area contributed by atoms with Crippen LogP contribution in [0.3, 0.4) is 0 Å². The molecule has 5 rings (SSSR count). The summed E-state index contributed by atoms with van der Waals surface area (Å²) < 4.78 is 7.39. The Kier molecular flexibility index (Phi) is 6.32. The van der Waals surface area contributed by atoms with Crippen LogP contribution in [0.5, 0.6) is 0 Å². The number of carbonyl (C=O) groups excluding carboxylic acids is 1. The number of nitrogens with one attached hydrogen (secondary N) is 2. The Morgan fingerprint density at radius 3 is 2.66 bits per heavy atom. The van der Waals surface area contributed by atoms with Crippen LogP contribution in [0.2, 0.25) is 0 Å². The van der Waals surface area contributed by atoms with E-state index in [4.69, 9.17) is 9.72 Å². The van der Waals surface area contributed by atoms with Crippen LogP contribution >= 0.6 is 0 Å². The fraction of sp³-hybridized carbons (Fsp3) is 0.192. The first-order valence-electron chi connectivity index (χ1n) is 11.4. The van der Waals surface area contributed by atoms with E-state index in [0.717, 1.165) is 39.1 Å². The first-order chi connectivity index (χ1) is 17.2. The van der Waals surface area contributed by atoms with Crippen molar-refractivity contribution in [1.29, 1.82) is 0 Å². The summed E-state index contributed by atoms with van der Waals surface area (Å²) in [5, 5.41) is 17.9. The molecule has 0 spiro atoms. The highest BCUT2D eigenvalue weighted by Crippen LogP contribution is 2.32. The molecule has 0 fully saturated rings. The third kappa shape index (κ3) is 4.41. The number of hydrogen-bond acceptors (Lipinski definition) is 7. The number of hydrogen-bond donors (Lipinski definition) is 2. The fourth-order valence-electron chi connectivity index (χ4n) is 4.27. The van der Waals surface area contributed by atoms with Gasteiger partial charge in [-0.1, -0.05) is 48.5 Å². The van der Waals surface area contributed by atoms with Crippen molar-refractivity contribution in [3.63, 3.8) is 0 Å². The van der Waals surface area contributed by atoms with Crippen molar-refractivity contribution in [2.75, 3.05) is 13.7 Å². The van der Waals surface area contributed by atoms with Gasteiger partial charge in [-0.15, -0.1) is 10.2 Å². The third-order valence-electron chi connectivity index (χ3n) is 5.77. The van der Waals surface area contributed by atoms with Gasteiger partial charge in [0.15, 0.2) is 0 Å². The lowest BCUT2D eigenvalue weighted by Gasteiger charge is -2.14. The maximum absolute atomic E-state index is 12.7. The van der Waals surface area contributed by atoms with E-state index in [0.29, 0.717) is 31.1 Å². The summed E-state index contributed by atoms with van der Waals surface area (Å²) in [7, 11) is 1.87. The molecule has 0 aliphatic rings. The predicted octanol–water partition coefficient (Wildman–Crippen LogP) is 3.83. The number of para-hydroxylation sites is 1. The number of nitrogens with zero attached hydrogens (tertiary/aromatic N) is 5. The van der Waals surface area contributed by atoms with Crippen LogP contribution in [0.1, 0.15) is 28.7 Å². The van der Waals surface area contributed by atoms with E-state index in [1.165, 1.54) is 0 Å². The number of fused-ring (bicyclic) bond motifs is 1. The molecule has 0 bridgehead atoms. The number of benzene rings is 3. The maximum Gasteiger partial charge on any atom is 0.340 e. The number of tetrazole rings is 1. The molecule has 2 aromatic heterocycles. The maximum atomic E-state index is 12.7. The van der Waals surface area contributed by atoms with Gasteiger partial charge in [-0.2, -0.15) is 5.21 Å². The molecule has 0 unspecified atom stereocenters. The van der Waals surface area contributed by atoms with Crippen molar-refractivity contribution in [2.45, 2.75) is 20.0 Å². The van der Waals surface area contributed by atoms with Crippen LogP contribution < -0.4 is 5.32 Å². The second-order valence-electron chi connectivity index (χ2n) is 8.02. The smallest absolute Gasteiger partial charge is 0.340 e. The second-order valence-corrected chi connectivity index (χ2v) is 8.02. The lowest BCUT2D eigenvalue weighted by molar-refractivity contribution is 0.0528. The van der Waals surface area contributed by atoms with E-state index in [-0.39, 0.29) is 5.97 Å². The first-order valence-corrected chi connectivity index (χ1v) is 11.4. The van der Waals surface area contributed by atoms with Crippen LogP contribution in [0.4, 0.5) is 0 Å². The molecule has 9 nitrogen and oxygen atoms in total. The molecule has 0 radical (unpaired) electrons. The van der Waals surface area contributed by atoms with Gasteiger partial charge in [-0.25, -0.2) is 9.78 Å². The van der Waals surface area contributed by atoms with Crippen LogP contribution in [-0.4, -0.2) is 49.8 Å². The lowest BCUT2D eigenvalue weighted by atomic mass is 9.97. The van der Waals surface area contributed by atoms with Gasteiger partial charge in [-0.05, 0) is 54.1 Å². The third-order valence-corrected chi connectivity index (χ3v) is 5.77. The molecule has 0 aliphatic heterocycles. The molecule has 0 atom stereocenters. The zero-order chi connectivity index (χ0) is 24.2. The summed E-state index contributed by atoms with van der Waals surface area (Å²) in [4.78, 5) is 17.5. The topological polar surface area (TPSA) is 111 Å². The van der Waals surface area contributed by atoms with Crippen molar-refractivity contribution in [2.24, 2.45) is 0 Å². The van der Waals surface area contributed by atoms with Gasteiger partial charge in [0.1, 0.15) is 5.82 Å². The highest BCUT2D eigenvalue weighted by atomic mass is 16.5.